The molecule has 1 amide bonds. The van der Waals surface area contributed by atoms with Crippen molar-refractivity contribution in [2.45, 2.75) is 148 Å². The Morgan fingerprint density at radius 1 is 0.759 bits per heavy atom. The molecule has 0 rings (SSSR count). The van der Waals surface area contributed by atoms with Crippen molar-refractivity contribution in [1.29, 1.82) is 0 Å². The molecule has 0 aromatic heterocycles. The number of aliphatic hydroxyl groups excluding tert-OH is 1. The van der Waals surface area contributed by atoms with Gasteiger partial charge in [0.15, 0.2) is 0 Å². The normalized spacial score (nSPS) is 13.7. The molecule has 0 aliphatic heterocycles. The number of carbonyl (C=O) groups is 1. The molecule has 3 heteroatoms. The highest BCUT2D eigenvalue weighted by Crippen LogP contribution is 2.12. The van der Waals surface area contributed by atoms with Gasteiger partial charge in [-0.25, -0.2) is 0 Å². The molecule has 0 radical (unpaired) electrons. The summed E-state index contributed by atoms with van der Waals surface area (Å²) in [6.07, 6.45) is 25.6. The summed E-state index contributed by atoms with van der Waals surface area (Å²) in [7, 11) is 0. The Labute approximate surface area is 182 Å². The zero-order valence-corrected chi connectivity index (χ0v) is 19.9. The first-order valence-corrected chi connectivity index (χ1v) is 12.8. The van der Waals surface area contributed by atoms with Crippen LogP contribution in [-0.4, -0.2) is 23.2 Å². The Bertz CT molecular complexity index is 381. The van der Waals surface area contributed by atoms with Crippen molar-refractivity contribution in [3.8, 4) is 0 Å². The summed E-state index contributed by atoms with van der Waals surface area (Å²) in [6, 6.07) is -0.216. The van der Waals surface area contributed by atoms with Gasteiger partial charge in [-0.1, -0.05) is 116 Å². The number of unbranched alkanes of at least 4 members (excludes halogenated alkanes) is 15. The first-order valence-electron chi connectivity index (χ1n) is 12.8. The van der Waals surface area contributed by atoms with Gasteiger partial charge >= 0.3 is 0 Å². The van der Waals surface area contributed by atoms with E-state index < -0.39 is 6.10 Å². The van der Waals surface area contributed by atoms with Gasteiger partial charge in [-0.3, -0.25) is 4.79 Å². The minimum atomic E-state index is -0.591. The second-order valence-electron chi connectivity index (χ2n) is 8.76. The number of rotatable bonds is 21. The van der Waals surface area contributed by atoms with Crippen molar-refractivity contribution >= 4 is 5.91 Å². The molecular weight excluding hydrogens is 358 g/mol. The third-order valence-electron chi connectivity index (χ3n) is 5.72. The maximum absolute atomic E-state index is 11.9. The molecule has 0 aliphatic rings. The molecule has 2 atom stereocenters. The highest BCUT2D eigenvalue weighted by atomic mass is 16.3. The van der Waals surface area contributed by atoms with Gasteiger partial charge < -0.3 is 10.4 Å². The SMILES string of the molecule is CCCCCCCCCCCCC/C=C/[C@H](O)[C@H](C)NC(=O)CCCCCCC. The van der Waals surface area contributed by atoms with E-state index in [0.717, 1.165) is 19.3 Å². The summed E-state index contributed by atoms with van der Waals surface area (Å²) in [5.74, 6) is 0.0619. The van der Waals surface area contributed by atoms with Crippen LogP contribution in [-0.2, 0) is 4.79 Å². The van der Waals surface area contributed by atoms with Crippen LogP contribution in [0, 0.1) is 0 Å². The van der Waals surface area contributed by atoms with Crippen molar-refractivity contribution in [3.05, 3.63) is 12.2 Å². The van der Waals surface area contributed by atoms with E-state index in [1.54, 1.807) is 0 Å². The van der Waals surface area contributed by atoms with Crippen LogP contribution >= 0.6 is 0 Å². The molecule has 0 aliphatic carbocycles. The fourth-order valence-corrected chi connectivity index (χ4v) is 3.63. The molecule has 0 fully saturated rings. The number of hydrogen-bond donors (Lipinski definition) is 2. The Morgan fingerprint density at radius 3 is 1.72 bits per heavy atom. The van der Waals surface area contributed by atoms with Gasteiger partial charge in [-0.05, 0) is 26.2 Å². The summed E-state index contributed by atoms with van der Waals surface area (Å²) >= 11 is 0. The minimum absolute atomic E-state index is 0.0619. The van der Waals surface area contributed by atoms with E-state index in [1.807, 2.05) is 13.0 Å². The third-order valence-corrected chi connectivity index (χ3v) is 5.72. The number of nitrogens with one attached hydrogen (secondary N) is 1. The van der Waals surface area contributed by atoms with Crippen molar-refractivity contribution in [3.63, 3.8) is 0 Å². The number of hydrogen-bond acceptors (Lipinski definition) is 2. The van der Waals surface area contributed by atoms with Crippen molar-refractivity contribution in [2.24, 2.45) is 0 Å². The Hall–Kier alpha value is -0.830. The maximum atomic E-state index is 11.9. The molecule has 0 aromatic carbocycles. The molecule has 3 nitrogen and oxygen atoms in total. The quantitative estimate of drug-likeness (QED) is 0.152. The molecule has 0 heterocycles. The molecule has 0 bridgehead atoms. The van der Waals surface area contributed by atoms with Crippen LogP contribution in [0.5, 0.6) is 0 Å². The standard InChI is InChI=1S/C26H51NO2/c1-4-6-8-10-11-12-13-14-15-16-17-19-20-22-25(28)24(3)27-26(29)23-21-18-9-7-5-2/h20,22,24-25,28H,4-19,21,23H2,1-3H3,(H,27,29)/b22-20+/t24-,25-/m0/s1. The second kappa shape index (κ2) is 21.9. The van der Waals surface area contributed by atoms with E-state index in [4.69, 9.17) is 0 Å². The Balaban J connectivity index is 3.54. The predicted octanol–water partition coefficient (Wildman–Crippen LogP) is 7.47. The smallest absolute Gasteiger partial charge is 0.220 e. The summed E-state index contributed by atoms with van der Waals surface area (Å²) in [5.41, 5.74) is 0. The Morgan fingerprint density at radius 2 is 1.21 bits per heavy atom. The molecule has 0 saturated carbocycles. The average molecular weight is 410 g/mol. The third kappa shape index (κ3) is 20.2. The number of allylic oxidation sites excluding steroid dienone is 1. The number of aliphatic hydroxyl groups is 1. The van der Waals surface area contributed by atoms with Gasteiger partial charge in [0.2, 0.25) is 5.91 Å². The summed E-state index contributed by atoms with van der Waals surface area (Å²) in [4.78, 5) is 11.9. The van der Waals surface area contributed by atoms with Gasteiger partial charge in [0.25, 0.3) is 0 Å². The first kappa shape index (κ1) is 28.2. The molecule has 0 aromatic rings. The van der Waals surface area contributed by atoms with Gasteiger partial charge in [-0.2, -0.15) is 0 Å². The van der Waals surface area contributed by atoms with Gasteiger partial charge in [-0.15, -0.1) is 0 Å². The molecular formula is C26H51NO2. The number of amides is 1. The summed E-state index contributed by atoms with van der Waals surface area (Å²) in [6.45, 7) is 6.35. The lowest BCUT2D eigenvalue weighted by Gasteiger charge is -2.17. The monoisotopic (exact) mass is 409 g/mol. The zero-order valence-electron chi connectivity index (χ0n) is 19.9. The van der Waals surface area contributed by atoms with E-state index >= 15 is 0 Å². The van der Waals surface area contributed by atoms with Gasteiger partial charge in [0.1, 0.15) is 0 Å². The highest BCUT2D eigenvalue weighted by molar-refractivity contribution is 5.76. The zero-order chi connectivity index (χ0) is 21.6. The van der Waals surface area contributed by atoms with E-state index in [0.29, 0.717) is 6.42 Å². The van der Waals surface area contributed by atoms with Crippen LogP contribution in [0.3, 0.4) is 0 Å². The molecule has 0 saturated heterocycles. The molecule has 0 unspecified atom stereocenters. The van der Waals surface area contributed by atoms with Crippen LogP contribution in [0.1, 0.15) is 136 Å². The van der Waals surface area contributed by atoms with Crippen LogP contribution in [0.25, 0.3) is 0 Å². The highest BCUT2D eigenvalue weighted by Gasteiger charge is 2.13. The lowest BCUT2D eigenvalue weighted by Crippen LogP contribution is -2.40. The van der Waals surface area contributed by atoms with Crippen LogP contribution < -0.4 is 5.32 Å². The van der Waals surface area contributed by atoms with Crippen LogP contribution in [0.2, 0.25) is 0 Å². The van der Waals surface area contributed by atoms with Gasteiger partial charge in [0, 0.05) is 6.42 Å². The molecule has 29 heavy (non-hydrogen) atoms. The van der Waals surface area contributed by atoms with Crippen molar-refractivity contribution in [1.82, 2.24) is 5.32 Å². The van der Waals surface area contributed by atoms with Crippen molar-refractivity contribution < 1.29 is 9.90 Å². The second-order valence-corrected chi connectivity index (χ2v) is 8.76. The minimum Gasteiger partial charge on any atom is -0.387 e. The fraction of sp³-hybridized carbons (Fsp3) is 0.885. The lowest BCUT2D eigenvalue weighted by molar-refractivity contribution is -0.122. The lowest BCUT2D eigenvalue weighted by atomic mass is 10.0. The predicted molar refractivity (Wildman–Crippen MR) is 127 cm³/mol. The molecule has 2 N–H and O–H groups in total. The maximum Gasteiger partial charge on any atom is 0.220 e. The number of carbonyl (C=O) groups excluding carboxylic acids is 1. The topological polar surface area (TPSA) is 49.3 Å². The first-order chi connectivity index (χ1) is 14.1. The molecule has 172 valence electrons. The van der Waals surface area contributed by atoms with Gasteiger partial charge in [0.05, 0.1) is 12.1 Å². The van der Waals surface area contributed by atoms with Crippen LogP contribution in [0.4, 0.5) is 0 Å². The van der Waals surface area contributed by atoms with Crippen LogP contribution in [0.15, 0.2) is 12.2 Å². The summed E-state index contributed by atoms with van der Waals surface area (Å²) in [5, 5.41) is 13.1. The van der Waals surface area contributed by atoms with E-state index in [-0.39, 0.29) is 11.9 Å². The average Bonchev–Trinajstić information content (AvgIpc) is 2.71. The van der Waals surface area contributed by atoms with E-state index in [9.17, 15) is 9.90 Å². The van der Waals surface area contributed by atoms with E-state index in [2.05, 4.69) is 25.2 Å². The Kier molecular flexibility index (Phi) is 21.2. The van der Waals surface area contributed by atoms with E-state index in [1.165, 1.54) is 89.9 Å². The fourth-order valence-electron chi connectivity index (χ4n) is 3.63. The largest absolute Gasteiger partial charge is 0.387 e. The summed E-state index contributed by atoms with van der Waals surface area (Å²) < 4.78 is 0. The van der Waals surface area contributed by atoms with Crippen molar-refractivity contribution in [2.75, 3.05) is 0 Å². The molecule has 0 spiro atoms.